The number of rotatable bonds is 5. The van der Waals surface area contributed by atoms with Crippen molar-refractivity contribution in [1.29, 1.82) is 0 Å². The van der Waals surface area contributed by atoms with Gasteiger partial charge in [0.05, 0.1) is 6.26 Å². The summed E-state index contributed by atoms with van der Waals surface area (Å²) in [6, 6.07) is 0.544. The lowest BCUT2D eigenvalue weighted by molar-refractivity contribution is 0.235. The molecule has 5 nitrogen and oxygen atoms in total. The minimum Gasteiger partial charge on any atom is -0.313 e. The zero-order chi connectivity index (χ0) is 11.3. The molecule has 0 bridgehead atoms. The Morgan fingerprint density at radius 2 is 1.87 bits per heavy atom. The first kappa shape index (κ1) is 12.9. The number of nitrogens with zero attached hydrogens (tertiary/aromatic N) is 1. The van der Waals surface area contributed by atoms with E-state index in [0.29, 0.717) is 19.1 Å². The summed E-state index contributed by atoms with van der Waals surface area (Å²) in [5.74, 6) is 0. The Hall–Kier alpha value is -0.170. The fourth-order valence-electron chi connectivity index (χ4n) is 1.73. The van der Waals surface area contributed by atoms with Gasteiger partial charge in [0.1, 0.15) is 0 Å². The molecule has 1 rings (SSSR count). The van der Waals surface area contributed by atoms with E-state index in [9.17, 15) is 8.42 Å². The largest absolute Gasteiger partial charge is 0.313 e. The molecule has 0 saturated carbocycles. The molecule has 2 N–H and O–H groups in total. The molecule has 0 unspecified atom stereocenters. The van der Waals surface area contributed by atoms with Gasteiger partial charge in [-0.15, -0.1) is 0 Å². The molecule has 1 aliphatic heterocycles. The Labute approximate surface area is 92.3 Å². The van der Waals surface area contributed by atoms with Gasteiger partial charge in [-0.05, 0) is 33.0 Å². The molecule has 0 amide bonds. The van der Waals surface area contributed by atoms with Gasteiger partial charge < -0.3 is 10.2 Å². The molecule has 0 aromatic rings. The highest BCUT2D eigenvalue weighted by Crippen LogP contribution is 2.07. The van der Waals surface area contributed by atoms with Crippen molar-refractivity contribution in [2.75, 3.05) is 39.5 Å². The third-order valence-electron chi connectivity index (χ3n) is 2.64. The summed E-state index contributed by atoms with van der Waals surface area (Å²) < 4.78 is 24.0. The molecule has 15 heavy (non-hydrogen) atoms. The fourth-order valence-corrected chi connectivity index (χ4v) is 2.20. The van der Waals surface area contributed by atoms with Crippen molar-refractivity contribution >= 4 is 10.0 Å². The van der Waals surface area contributed by atoms with Gasteiger partial charge in [-0.2, -0.15) is 0 Å². The number of hydrogen-bond acceptors (Lipinski definition) is 4. The van der Waals surface area contributed by atoms with Crippen molar-refractivity contribution in [3.05, 3.63) is 0 Å². The predicted octanol–water partition coefficient (Wildman–Crippen LogP) is -0.781. The van der Waals surface area contributed by atoms with Crippen LogP contribution in [0.15, 0.2) is 0 Å². The Morgan fingerprint density at radius 3 is 2.40 bits per heavy atom. The molecule has 0 aliphatic carbocycles. The number of nitrogens with one attached hydrogen (secondary N) is 2. The molecule has 0 atom stereocenters. The van der Waals surface area contributed by atoms with Gasteiger partial charge in [0.25, 0.3) is 0 Å². The normalized spacial score (nSPS) is 20.7. The maximum absolute atomic E-state index is 10.8. The first-order chi connectivity index (χ1) is 6.97. The van der Waals surface area contributed by atoms with Crippen LogP contribution < -0.4 is 10.0 Å². The molecule has 0 aromatic heterocycles. The van der Waals surface area contributed by atoms with E-state index in [-0.39, 0.29) is 0 Å². The zero-order valence-electron chi connectivity index (χ0n) is 9.49. The van der Waals surface area contributed by atoms with Gasteiger partial charge in [-0.25, -0.2) is 13.1 Å². The van der Waals surface area contributed by atoms with Crippen LogP contribution in [0.1, 0.15) is 12.8 Å². The maximum Gasteiger partial charge on any atom is 0.208 e. The Balaban J connectivity index is 2.06. The van der Waals surface area contributed by atoms with E-state index in [1.54, 1.807) is 0 Å². The van der Waals surface area contributed by atoms with E-state index in [1.807, 2.05) is 0 Å². The molecule has 1 saturated heterocycles. The molecule has 90 valence electrons. The van der Waals surface area contributed by atoms with Crippen LogP contribution in [0, 0.1) is 0 Å². The second-order valence-corrected chi connectivity index (χ2v) is 6.03. The molecule has 6 heteroatoms. The van der Waals surface area contributed by atoms with Gasteiger partial charge >= 0.3 is 0 Å². The quantitative estimate of drug-likeness (QED) is 0.614. The lowest BCUT2D eigenvalue weighted by atomic mass is 10.1. The fraction of sp³-hybridized carbons (Fsp3) is 1.00. The molecular weight excluding hydrogens is 214 g/mol. The Bertz CT molecular complexity index is 271. The number of sulfonamides is 1. The van der Waals surface area contributed by atoms with Gasteiger partial charge in [0, 0.05) is 19.1 Å². The van der Waals surface area contributed by atoms with Crippen LogP contribution in [0.25, 0.3) is 0 Å². The summed E-state index contributed by atoms with van der Waals surface area (Å²) in [4.78, 5) is 2.31. The first-order valence-electron chi connectivity index (χ1n) is 5.34. The van der Waals surface area contributed by atoms with E-state index < -0.39 is 10.0 Å². The Morgan fingerprint density at radius 1 is 1.27 bits per heavy atom. The SMILES string of the molecule is CN1CCC(NCCNS(C)(=O)=O)CC1. The first-order valence-corrected chi connectivity index (χ1v) is 7.23. The highest BCUT2D eigenvalue weighted by Gasteiger charge is 2.15. The van der Waals surface area contributed by atoms with Gasteiger partial charge in [-0.3, -0.25) is 0 Å². The highest BCUT2D eigenvalue weighted by molar-refractivity contribution is 7.88. The van der Waals surface area contributed by atoms with Crippen molar-refractivity contribution in [2.45, 2.75) is 18.9 Å². The predicted molar refractivity (Wildman–Crippen MR) is 61.4 cm³/mol. The Kier molecular flexibility index (Phi) is 4.98. The monoisotopic (exact) mass is 235 g/mol. The number of likely N-dealkylation sites (tertiary alicyclic amines) is 1. The third-order valence-corrected chi connectivity index (χ3v) is 3.37. The molecule has 0 aromatic carbocycles. The zero-order valence-corrected chi connectivity index (χ0v) is 10.3. The van der Waals surface area contributed by atoms with Gasteiger partial charge in [0.2, 0.25) is 10.0 Å². The minimum absolute atomic E-state index is 0.477. The van der Waals surface area contributed by atoms with Crippen molar-refractivity contribution < 1.29 is 8.42 Å². The third kappa shape index (κ3) is 6.09. The van der Waals surface area contributed by atoms with E-state index >= 15 is 0 Å². The van der Waals surface area contributed by atoms with Crippen LogP contribution in [0.2, 0.25) is 0 Å². The minimum atomic E-state index is -3.03. The average Bonchev–Trinajstić information content (AvgIpc) is 2.14. The van der Waals surface area contributed by atoms with Crippen LogP contribution in [0.4, 0.5) is 0 Å². The van der Waals surface area contributed by atoms with Crippen molar-refractivity contribution in [1.82, 2.24) is 14.9 Å². The molecular formula is C9H21N3O2S. The summed E-state index contributed by atoms with van der Waals surface area (Å²) in [6.07, 6.45) is 3.48. The summed E-state index contributed by atoms with van der Waals surface area (Å²) in [6.45, 7) is 3.43. The number of piperidine rings is 1. The van der Waals surface area contributed by atoms with Crippen LogP contribution >= 0.6 is 0 Å². The molecule has 0 spiro atoms. The smallest absolute Gasteiger partial charge is 0.208 e. The standard InChI is InChI=1S/C9H21N3O2S/c1-12-7-3-9(4-8-12)10-5-6-11-15(2,13)14/h9-11H,3-8H2,1-2H3. The van der Waals surface area contributed by atoms with Crippen molar-refractivity contribution in [3.63, 3.8) is 0 Å². The summed E-state index contributed by atoms with van der Waals surface area (Å²) in [7, 11) is -0.908. The second kappa shape index (κ2) is 5.79. The molecule has 1 aliphatic rings. The second-order valence-electron chi connectivity index (χ2n) is 4.20. The summed E-state index contributed by atoms with van der Waals surface area (Å²) >= 11 is 0. The van der Waals surface area contributed by atoms with Gasteiger partial charge in [0.15, 0.2) is 0 Å². The van der Waals surface area contributed by atoms with Crippen LogP contribution in [-0.4, -0.2) is 58.8 Å². The molecule has 1 fully saturated rings. The van der Waals surface area contributed by atoms with Crippen molar-refractivity contribution in [2.24, 2.45) is 0 Å². The van der Waals surface area contributed by atoms with Crippen LogP contribution in [0.3, 0.4) is 0 Å². The lowest BCUT2D eigenvalue weighted by Crippen LogP contribution is -2.43. The maximum atomic E-state index is 10.8. The van der Waals surface area contributed by atoms with Crippen molar-refractivity contribution in [3.8, 4) is 0 Å². The van der Waals surface area contributed by atoms with Crippen LogP contribution in [0.5, 0.6) is 0 Å². The number of hydrogen-bond donors (Lipinski definition) is 2. The summed E-state index contributed by atoms with van der Waals surface area (Å²) in [5.41, 5.74) is 0. The lowest BCUT2D eigenvalue weighted by Gasteiger charge is -2.29. The molecule has 1 heterocycles. The van der Waals surface area contributed by atoms with Gasteiger partial charge in [-0.1, -0.05) is 0 Å². The topological polar surface area (TPSA) is 61.4 Å². The average molecular weight is 235 g/mol. The highest BCUT2D eigenvalue weighted by atomic mass is 32.2. The van der Waals surface area contributed by atoms with Crippen LogP contribution in [-0.2, 0) is 10.0 Å². The molecule has 0 radical (unpaired) electrons. The van der Waals surface area contributed by atoms with E-state index in [2.05, 4.69) is 22.0 Å². The summed E-state index contributed by atoms with van der Waals surface area (Å²) in [5, 5.41) is 3.36. The van der Waals surface area contributed by atoms with E-state index in [1.165, 1.54) is 6.26 Å². The van der Waals surface area contributed by atoms with E-state index in [4.69, 9.17) is 0 Å². The van der Waals surface area contributed by atoms with E-state index in [0.717, 1.165) is 25.9 Å².